The number of piperidine rings is 1. The molecule has 0 unspecified atom stereocenters. The van der Waals surface area contributed by atoms with Crippen molar-refractivity contribution in [2.24, 2.45) is 5.92 Å². The number of hydrogen-bond donors (Lipinski definition) is 1. The molecule has 0 bridgehead atoms. The number of urea groups is 1. The SMILES string of the molecule is CCNC(=O)N1CCN(CC(=O)N2CCC(CCc3ccc(C)cc3)CC2)CC1. The van der Waals surface area contributed by atoms with Crippen molar-refractivity contribution < 1.29 is 9.59 Å². The first-order valence-corrected chi connectivity index (χ1v) is 11.1. The highest BCUT2D eigenvalue weighted by Gasteiger charge is 2.26. The summed E-state index contributed by atoms with van der Waals surface area (Å²) in [5, 5.41) is 2.84. The van der Waals surface area contributed by atoms with Gasteiger partial charge in [0.05, 0.1) is 6.54 Å². The van der Waals surface area contributed by atoms with Crippen molar-refractivity contribution in [3.05, 3.63) is 35.4 Å². The topological polar surface area (TPSA) is 55.9 Å². The van der Waals surface area contributed by atoms with Gasteiger partial charge in [0, 0.05) is 45.8 Å². The first-order chi connectivity index (χ1) is 14.0. The molecular formula is C23H36N4O2. The van der Waals surface area contributed by atoms with Crippen LogP contribution >= 0.6 is 0 Å². The molecule has 2 heterocycles. The second-order valence-electron chi connectivity index (χ2n) is 8.45. The van der Waals surface area contributed by atoms with Crippen molar-refractivity contribution in [3.63, 3.8) is 0 Å². The Morgan fingerprint density at radius 1 is 0.966 bits per heavy atom. The van der Waals surface area contributed by atoms with Gasteiger partial charge in [-0.05, 0) is 51.0 Å². The lowest BCUT2D eigenvalue weighted by molar-refractivity contribution is -0.134. The molecule has 0 aromatic heterocycles. The molecule has 1 N–H and O–H groups in total. The molecule has 3 rings (SSSR count). The highest BCUT2D eigenvalue weighted by Crippen LogP contribution is 2.23. The number of nitrogens with one attached hydrogen (secondary N) is 1. The third kappa shape index (κ3) is 6.46. The van der Waals surface area contributed by atoms with Gasteiger partial charge in [-0.25, -0.2) is 4.79 Å². The van der Waals surface area contributed by atoms with E-state index in [0.29, 0.717) is 26.2 Å². The minimum absolute atomic E-state index is 0.00573. The molecule has 2 aliphatic heterocycles. The molecule has 2 aliphatic rings. The number of piperazine rings is 1. The smallest absolute Gasteiger partial charge is 0.317 e. The van der Waals surface area contributed by atoms with Gasteiger partial charge in [0.25, 0.3) is 0 Å². The molecule has 160 valence electrons. The lowest BCUT2D eigenvalue weighted by Gasteiger charge is -2.37. The Morgan fingerprint density at radius 3 is 2.24 bits per heavy atom. The number of carbonyl (C=O) groups is 2. The molecule has 0 saturated carbocycles. The summed E-state index contributed by atoms with van der Waals surface area (Å²) in [4.78, 5) is 30.6. The monoisotopic (exact) mass is 400 g/mol. The molecule has 3 amide bonds. The van der Waals surface area contributed by atoms with Crippen LogP contribution in [0.1, 0.15) is 37.3 Å². The number of hydrogen-bond acceptors (Lipinski definition) is 3. The number of nitrogens with zero attached hydrogens (tertiary/aromatic N) is 3. The van der Waals surface area contributed by atoms with E-state index in [-0.39, 0.29) is 11.9 Å². The Labute approximate surface area is 175 Å². The standard InChI is InChI=1S/C23H36N4O2/c1-3-24-23(29)27-16-14-25(15-17-27)18-22(28)26-12-10-21(11-13-26)9-8-20-6-4-19(2)5-7-20/h4-7,21H,3,8-18H2,1-2H3,(H,24,29). The van der Waals surface area contributed by atoms with Crippen LogP contribution < -0.4 is 5.32 Å². The number of carbonyl (C=O) groups excluding carboxylic acids is 2. The van der Waals surface area contributed by atoms with Gasteiger partial charge in [-0.1, -0.05) is 29.8 Å². The molecule has 0 atom stereocenters. The number of amides is 3. The van der Waals surface area contributed by atoms with E-state index < -0.39 is 0 Å². The zero-order chi connectivity index (χ0) is 20.6. The Morgan fingerprint density at radius 2 is 1.62 bits per heavy atom. The van der Waals surface area contributed by atoms with Crippen molar-refractivity contribution in [1.82, 2.24) is 20.0 Å². The average Bonchev–Trinajstić information content (AvgIpc) is 2.74. The van der Waals surface area contributed by atoms with Gasteiger partial charge in [0.1, 0.15) is 0 Å². The molecule has 2 saturated heterocycles. The highest BCUT2D eigenvalue weighted by molar-refractivity contribution is 5.78. The lowest BCUT2D eigenvalue weighted by atomic mass is 9.90. The maximum atomic E-state index is 12.7. The van der Waals surface area contributed by atoms with Crippen LogP contribution in [0.5, 0.6) is 0 Å². The molecule has 2 fully saturated rings. The third-order valence-corrected chi connectivity index (χ3v) is 6.28. The largest absolute Gasteiger partial charge is 0.342 e. The van der Waals surface area contributed by atoms with Crippen molar-refractivity contribution >= 4 is 11.9 Å². The summed E-state index contributed by atoms with van der Waals surface area (Å²) < 4.78 is 0. The fraction of sp³-hybridized carbons (Fsp3) is 0.652. The Hall–Kier alpha value is -2.08. The normalized spacial score (nSPS) is 18.7. The van der Waals surface area contributed by atoms with Crippen LogP contribution in [0, 0.1) is 12.8 Å². The average molecular weight is 401 g/mol. The molecule has 29 heavy (non-hydrogen) atoms. The van der Waals surface area contributed by atoms with Crippen LogP contribution in [0.15, 0.2) is 24.3 Å². The van der Waals surface area contributed by atoms with Gasteiger partial charge in [0.2, 0.25) is 5.91 Å². The minimum atomic E-state index is 0.00573. The van der Waals surface area contributed by atoms with Crippen LogP contribution in [0.2, 0.25) is 0 Å². The van der Waals surface area contributed by atoms with Crippen LogP contribution in [0.3, 0.4) is 0 Å². The van der Waals surface area contributed by atoms with Crippen molar-refractivity contribution in [1.29, 1.82) is 0 Å². The Kier molecular flexibility index (Phi) is 7.92. The zero-order valence-corrected chi connectivity index (χ0v) is 18.0. The molecule has 1 aromatic carbocycles. The van der Waals surface area contributed by atoms with Gasteiger partial charge >= 0.3 is 6.03 Å². The van der Waals surface area contributed by atoms with Gasteiger partial charge < -0.3 is 15.1 Å². The van der Waals surface area contributed by atoms with E-state index in [1.54, 1.807) is 0 Å². The maximum Gasteiger partial charge on any atom is 0.317 e. The quantitative estimate of drug-likeness (QED) is 0.798. The van der Waals surface area contributed by atoms with E-state index >= 15 is 0 Å². The van der Waals surface area contributed by atoms with E-state index in [9.17, 15) is 9.59 Å². The first kappa shape index (κ1) is 21.6. The molecular weight excluding hydrogens is 364 g/mol. The number of likely N-dealkylation sites (tertiary alicyclic amines) is 1. The van der Waals surface area contributed by atoms with Crippen LogP contribution in [0.25, 0.3) is 0 Å². The molecule has 0 spiro atoms. The fourth-order valence-electron chi connectivity index (χ4n) is 4.26. The summed E-state index contributed by atoms with van der Waals surface area (Å²) in [5.41, 5.74) is 2.73. The Bertz CT molecular complexity index is 660. The summed E-state index contributed by atoms with van der Waals surface area (Å²) in [5.74, 6) is 0.967. The van der Waals surface area contributed by atoms with Crippen LogP contribution in [-0.2, 0) is 11.2 Å². The van der Waals surface area contributed by atoms with Gasteiger partial charge in [-0.15, -0.1) is 0 Å². The summed E-state index contributed by atoms with van der Waals surface area (Å²) >= 11 is 0. The zero-order valence-electron chi connectivity index (χ0n) is 18.0. The van der Waals surface area contributed by atoms with E-state index in [2.05, 4.69) is 41.4 Å². The Balaban J connectivity index is 1.34. The van der Waals surface area contributed by atoms with E-state index in [1.807, 2.05) is 16.7 Å². The van der Waals surface area contributed by atoms with Gasteiger partial charge in [-0.2, -0.15) is 0 Å². The fourth-order valence-corrected chi connectivity index (χ4v) is 4.26. The second kappa shape index (κ2) is 10.6. The van der Waals surface area contributed by atoms with Gasteiger partial charge in [0.15, 0.2) is 0 Å². The molecule has 0 aliphatic carbocycles. The number of benzene rings is 1. The predicted octanol–water partition coefficient (Wildman–Crippen LogP) is 2.51. The molecule has 0 radical (unpaired) electrons. The van der Waals surface area contributed by atoms with E-state index in [0.717, 1.165) is 51.4 Å². The molecule has 6 nitrogen and oxygen atoms in total. The summed E-state index contributed by atoms with van der Waals surface area (Å²) in [6.45, 7) is 9.90. The third-order valence-electron chi connectivity index (χ3n) is 6.28. The maximum absolute atomic E-state index is 12.7. The van der Waals surface area contributed by atoms with Crippen LogP contribution in [0.4, 0.5) is 4.79 Å². The molecule has 1 aromatic rings. The molecule has 6 heteroatoms. The number of aryl methyl sites for hydroxylation is 2. The number of rotatable bonds is 6. The van der Waals surface area contributed by atoms with E-state index in [1.165, 1.54) is 17.5 Å². The predicted molar refractivity (Wildman–Crippen MR) is 116 cm³/mol. The van der Waals surface area contributed by atoms with Crippen molar-refractivity contribution in [2.45, 2.75) is 39.5 Å². The van der Waals surface area contributed by atoms with Crippen molar-refractivity contribution in [3.8, 4) is 0 Å². The lowest BCUT2D eigenvalue weighted by Crippen LogP contribution is -2.54. The second-order valence-corrected chi connectivity index (χ2v) is 8.45. The highest BCUT2D eigenvalue weighted by atomic mass is 16.2. The van der Waals surface area contributed by atoms with Gasteiger partial charge in [-0.3, -0.25) is 9.69 Å². The van der Waals surface area contributed by atoms with Crippen molar-refractivity contribution in [2.75, 3.05) is 52.4 Å². The summed E-state index contributed by atoms with van der Waals surface area (Å²) in [7, 11) is 0. The summed E-state index contributed by atoms with van der Waals surface area (Å²) in [6, 6.07) is 8.85. The van der Waals surface area contributed by atoms with E-state index in [4.69, 9.17) is 0 Å². The first-order valence-electron chi connectivity index (χ1n) is 11.1. The summed E-state index contributed by atoms with van der Waals surface area (Å²) in [6.07, 6.45) is 4.58. The minimum Gasteiger partial charge on any atom is -0.342 e. The van der Waals surface area contributed by atoms with Crippen LogP contribution in [-0.4, -0.2) is 79.0 Å².